The molecule has 5 nitrogen and oxygen atoms in total. The fourth-order valence-corrected chi connectivity index (χ4v) is 0.619. The first-order chi connectivity index (χ1) is 6.60. The molecular weight excluding hydrogens is 186 g/mol. The van der Waals surface area contributed by atoms with Crippen LogP contribution in [0.2, 0.25) is 0 Å². The van der Waals surface area contributed by atoms with Crippen LogP contribution in [0, 0.1) is 0 Å². The summed E-state index contributed by atoms with van der Waals surface area (Å²) in [6.07, 6.45) is 2.87. The Labute approximate surface area is 82.1 Å². The van der Waals surface area contributed by atoms with E-state index in [9.17, 15) is 14.4 Å². The van der Waals surface area contributed by atoms with Gasteiger partial charge in [-0.05, 0) is 6.92 Å². The van der Waals surface area contributed by atoms with Crippen LogP contribution in [-0.2, 0) is 19.1 Å². The second-order valence-electron chi connectivity index (χ2n) is 2.35. The quantitative estimate of drug-likeness (QED) is 0.508. The first-order valence-corrected chi connectivity index (χ1v) is 4.28. The molecule has 2 amide bonds. The second-order valence-corrected chi connectivity index (χ2v) is 2.35. The Morgan fingerprint density at radius 3 is 1.93 bits per heavy atom. The molecule has 1 N–H and O–H groups in total. The molecule has 0 aromatic heterocycles. The first kappa shape index (κ1) is 12.3. The number of esters is 1. The zero-order valence-corrected chi connectivity index (χ0v) is 8.20. The van der Waals surface area contributed by atoms with E-state index >= 15 is 0 Å². The second kappa shape index (κ2) is 6.82. The zero-order valence-electron chi connectivity index (χ0n) is 8.20. The summed E-state index contributed by atoms with van der Waals surface area (Å²) in [6.45, 7) is 4.07. The van der Waals surface area contributed by atoms with Crippen molar-refractivity contribution < 1.29 is 19.1 Å². The van der Waals surface area contributed by atoms with E-state index in [1.54, 1.807) is 13.8 Å². The zero-order chi connectivity index (χ0) is 11.0. The third kappa shape index (κ3) is 5.93. The summed E-state index contributed by atoms with van der Waals surface area (Å²) in [7, 11) is 0. The highest BCUT2D eigenvalue weighted by Gasteiger charge is 2.06. The van der Waals surface area contributed by atoms with E-state index in [1.165, 1.54) is 12.2 Å². The average Bonchev–Trinajstić information content (AvgIpc) is 2.51. The summed E-state index contributed by atoms with van der Waals surface area (Å²) >= 11 is 0. The van der Waals surface area contributed by atoms with Gasteiger partial charge in [0.15, 0.2) is 0 Å². The van der Waals surface area contributed by atoms with Crippen LogP contribution < -0.4 is 5.32 Å². The highest BCUT2D eigenvalue weighted by molar-refractivity contribution is 6.12. The smallest absolute Gasteiger partial charge is 0.305 e. The average molecular weight is 199 g/mol. The molecule has 0 fully saturated rings. The topological polar surface area (TPSA) is 72.5 Å². The Balaban J connectivity index is 0.000000241. The van der Waals surface area contributed by atoms with Crippen molar-refractivity contribution in [2.75, 3.05) is 6.61 Å². The van der Waals surface area contributed by atoms with Crippen LogP contribution in [0.5, 0.6) is 0 Å². The van der Waals surface area contributed by atoms with E-state index in [2.05, 4.69) is 4.74 Å². The SMILES string of the molecule is CCOC(=O)CC.O=C1C=CC(=O)N1. The minimum absolute atomic E-state index is 0.123. The molecule has 14 heavy (non-hydrogen) atoms. The highest BCUT2D eigenvalue weighted by atomic mass is 16.5. The fourth-order valence-electron chi connectivity index (χ4n) is 0.619. The van der Waals surface area contributed by atoms with Crippen molar-refractivity contribution in [3.63, 3.8) is 0 Å². The maximum atomic E-state index is 10.2. The van der Waals surface area contributed by atoms with Gasteiger partial charge in [0, 0.05) is 18.6 Å². The van der Waals surface area contributed by atoms with Crippen LogP contribution in [0.4, 0.5) is 0 Å². The van der Waals surface area contributed by atoms with E-state index in [1.807, 2.05) is 5.32 Å². The Bertz CT molecular complexity index is 242. The van der Waals surface area contributed by atoms with Crippen LogP contribution in [0.1, 0.15) is 20.3 Å². The number of hydrogen-bond donors (Lipinski definition) is 1. The Morgan fingerprint density at radius 1 is 1.29 bits per heavy atom. The molecule has 0 aromatic rings. The van der Waals surface area contributed by atoms with Gasteiger partial charge in [-0.1, -0.05) is 6.92 Å². The monoisotopic (exact) mass is 199 g/mol. The molecular formula is C9H13NO4. The molecule has 0 saturated carbocycles. The Kier molecular flexibility index (Phi) is 6.02. The largest absolute Gasteiger partial charge is 0.466 e. The number of nitrogens with one attached hydrogen (secondary N) is 1. The predicted molar refractivity (Wildman–Crippen MR) is 49.2 cm³/mol. The summed E-state index contributed by atoms with van der Waals surface area (Å²) in [5, 5.41) is 2.03. The Morgan fingerprint density at radius 2 is 1.79 bits per heavy atom. The Hall–Kier alpha value is -1.65. The van der Waals surface area contributed by atoms with Crippen LogP contribution in [0.25, 0.3) is 0 Å². The third-order valence-electron chi connectivity index (χ3n) is 1.23. The van der Waals surface area contributed by atoms with Gasteiger partial charge in [0.05, 0.1) is 6.61 Å². The summed E-state index contributed by atoms with van der Waals surface area (Å²) < 4.78 is 4.55. The summed E-state index contributed by atoms with van der Waals surface area (Å²) in [4.78, 5) is 30.3. The number of carbonyl (C=O) groups excluding carboxylic acids is 3. The van der Waals surface area contributed by atoms with Gasteiger partial charge in [-0.25, -0.2) is 0 Å². The van der Waals surface area contributed by atoms with Crippen molar-refractivity contribution >= 4 is 17.8 Å². The maximum absolute atomic E-state index is 10.2. The molecule has 78 valence electrons. The summed E-state index contributed by atoms with van der Waals surface area (Å²) in [6, 6.07) is 0. The molecule has 0 unspecified atom stereocenters. The molecule has 0 aliphatic carbocycles. The number of ether oxygens (including phenoxy) is 1. The number of amides is 2. The van der Waals surface area contributed by atoms with E-state index in [4.69, 9.17) is 0 Å². The van der Waals surface area contributed by atoms with Crippen molar-refractivity contribution in [2.45, 2.75) is 20.3 Å². The van der Waals surface area contributed by atoms with Gasteiger partial charge in [0.2, 0.25) is 0 Å². The van der Waals surface area contributed by atoms with Crippen molar-refractivity contribution in [3.05, 3.63) is 12.2 Å². The lowest BCUT2D eigenvalue weighted by Gasteiger charge is -1.93. The normalized spacial score (nSPS) is 13.0. The predicted octanol–water partition coefficient (Wildman–Crippen LogP) is 0.158. The molecule has 0 aromatic carbocycles. The third-order valence-corrected chi connectivity index (χ3v) is 1.23. The molecule has 0 saturated heterocycles. The number of hydrogen-bond acceptors (Lipinski definition) is 4. The maximum Gasteiger partial charge on any atom is 0.305 e. The van der Waals surface area contributed by atoms with Crippen LogP contribution in [0.15, 0.2) is 12.2 Å². The van der Waals surface area contributed by atoms with Crippen LogP contribution >= 0.6 is 0 Å². The van der Waals surface area contributed by atoms with E-state index in [0.29, 0.717) is 13.0 Å². The van der Waals surface area contributed by atoms with E-state index in [-0.39, 0.29) is 17.8 Å². The van der Waals surface area contributed by atoms with Gasteiger partial charge in [-0.2, -0.15) is 0 Å². The number of imide groups is 1. The van der Waals surface area contributed by atoms with Crippen molar-refractivity contribution in [3.8, 4) is 0 Å². The standard InChI is InChI=1S/C5H10O2.C4H3NO2/c1-3-5(6)7-4-2;6-3-1-2-4(7)5-3/h3-4H2,1-2H3;1-2H,(H,5,6,7). The van der Waals surface area contributed by atoms with Gasteiger partial charge in [-0.15, -0.1) is 0 Å². The molecule has 5 heteroatoms. The van der Waals surface area contributed by atoms with Gasteiger partial charge in [0.1, 0.15) is 0 Å². The lowest BCUT2D eigenvalue weighted by atomic mass is 10.5. The van der Waals surface area contributed by atoms with Gasteiger partial charge < -0.3 is 4.74 Å². The molecule has 1 aliphatic heterocycles. The van der Waals surface area contributed by atoms with Gasteiger partial charge in [-0.3, -0.25) is 19.7 Å². The van der Waals surface area contributed by atoms with Crippen LogP contribution in [-0.4, -0.2) is 24.4 Å². The molecule has 0 spiro atoms. The van der Waals surface area contributed by atoms with Crippen LogP contribution in [0.3, 0.4) is 0 Å². The molecule has 0 radical (unpaired) electrons. The molecule has 1 rings (SSSR count). The minimum Gasteiger partial charge on any atom is -0.466 e. The lowest BCUT2D eigenvalue weighted by Crippen LogP contribution is -2.19. The van der Waals surface area contributed by atoms with E-state index in [0.717, 1.165) is 0 Å². The minimum atomic E-state index is -0.329. The first-order valence-electron chi connectivity index (χ1n) is 4.28. The molecule has 1 heterocycles. The van der Waals surface area contributed by atoms with Gasteiger partial charge >= 0.3 is 5.97 Å². The molecule has 0 atom stereocenters. The summed E-state index contributed by atoms with van der Waals surface area (Å²) in [5.41, 5.74) is 0. The molecule has 1 aliphatic rings. The lowest BCUT2D eigenvalue weighted by molar-refractivity contribution is -0.142. The summed E-state index contributed by atoms with van der Waals surface area (Å²) in [5.74, 6) is -0.780. The number of carbonyl (C=O) groups is 3. The van der Waals surface area contributed by atoms with Crippen molar-refractivity contribution in [1.82, 2.24) is 5.32 Å². The highest BCUT2D eigenvalue weighted by Crippen LogP contribution is 1.82. The van der Waals surface area contributed by atoms with Gasteiger partial charge in [0.25, 0.3) is 11.8 Å². The molecule has 0 bridgehead atoms. The van der Waals surface area contributed by atoms with E-state index < -0.39 is 0 Å². The van der Waals surface area contributed by atoms with Crippen molar-refractivity contribution in [2.24, 2.45) is 0 Å². The van der Waals surface area contributed by atoms with Crippen molar-refractivity contribution in [1.29, 1.82) is 0 Å². The fraction of sp³-hybridized carbons (Fsp3) is 0.444. The number of rotatable bonds is 2.